The van der Waals surface area contributed by atoms with Crippen LogP contribution < -0.4 is 10.1 Å². The number of hydrogen-bond donors (Lipinski definition) is 2. The van der Waals surface area contributed by atoms with Crippen molar-refractivity contribution < 1.29 is 24.2 Å². The summed E-state index contributed by atoms with van der Waals surface area (Å²) in [4.78, 5) is 29.2. The van der Waals surface area contributed by atoms with Crippen LogP contribution in [0.2, 0.25) is 0 Å². The predicted molar refractivity (Wildman–Crippen MR) is 123 cm³/mol. The zero-order valence-electron chi connectivity index (χ0n) is 19.7. The van der Waals surface area contributed by atoms with E-state index in [9.17, 15) is 14.7 Å². The van der Waals surface area contributed by atoms with Gasteiger partial charge < -0.3 is 19.9 Å². The van der Waals surface area contributed by atoms with E-state index < -0.39 is 17.9 Å². The van der Waals surface area contributed by atoms with Crippen molar-refractivity contribution in [2.45, 2.75) is 65.5 Å². The molecule has 2 rings (SSSR count). The van der Waals surface area contributed by atoms with E-state index in [-0.39, 0.29) is 29.2 Å². The Morgan fingerprint density at radius 1 is 1.12 bits per heavy atom. The molecular weight excluding hydrogens is 408 g/mol. The maximum absolute atomic E-state index is 12.8. The van der Waals surface area contributed by atoms with Crippen molar-refractivity contribution in [3.63, 3.8) is 0 Å². The fourth-order valence-electron chi connectivity index (χ4n) is 4.10. The zero-order valence-corrected chi connectivity index (χ0v) is 19.7. The number of esters is 1. The van der Waals surface area contributed by atoms with Crippen LogP contribution in [0.15, 0.2) is 36.5 Å². The van der Waals surface area contributed by atoms with Crippen molar-refractivity contribution in [3.05, 3.63) is 53.3 Å². The van der Waals surface area contributed by atoms with Gasteiger partial charge in [0, 0.05) is 18.2 Å². The zero-order chi connectivity index (χ0) is 23.8. The predicted octanol–water partition coefficient (Wildman–Crippen LogP) is 4.37. The Balaban J connectivity index is 2.15. The monoisotopic (exact) mass is 442 g/mol. The lowest BCUT2D eigenvalue weighted by molar-refractivity contribution is -0.152. The first kappa shape index (κ1) is 25.2. The summed E-state index contributed by atoms with van der Waals surface area (Å²) < 4.78 is 10.8. The normalized spacial score (nSPS) is 13.8. The molecule has 0 spiro atoms. The van der Waals surface area contributed by atoms with Gasteiger partial charge in [-0.25, -0.2) is 9.78 Å². The number of aryl methyl sites for hydroxylation is 1. The van der Waals surface area contributed by atoms with Gasteiger partial charge in [0.1, 0.15) is 12.1 Å². The molecular formula is C25H34N2O5. The van der Waals surface area contributed by atoms with E-state index in [1.807, 2.05) is 19.1 Å². The molecule has 0 unspecified atom stereocenters. The molecule has 0 saturated carbocycles. The van der Waals surface area contributed by atoms with E-state index in [1.54, 1.807) is 6.92 Å². The number of hydrogen-bond acceptors (Lipinski definition) is 6. The molecule has 2 N–H and O–H groups in total. The molecule has 7 nitrogen and oxygen atoms in total. The first-order chi connectivity index (χ1) is 15.2. The minimum Gasteiger partial charge on any atom is -0.503 e. The summed E-state index contributed by atoms with van der Waals surface area (Å²) in [6.07, 6.45) is 2.90. The Bertz CT molecular complexity index is 926. The van der Waals surface area contributed by atoms with E-state index in [2.05, 4.69) is 43.2 Å². The molecule has 2 aromatic rings. The second-order valence-electron chi connectivity index (χ2n) is 8.01. The Labute approximate surface area is 190 Å². The van der Waals surface area contributed by atoms with Crippen LogP contribution in [0.3, 0.4) is 0 Å². The van der Waals surface area contributed by atoms with Gasteiger partial charge >= 0.3 is 5.97 Å². The third-order valence-corrected chi connectivity index (χ3v) is 5.94. The highest BCUT2D eigenvalue weighted by molar-refractivity contribution is 5.97. The number of methoxy groups -OCH3 is 1. The molecule has 1 heterocycles. The van der Waals surface area contributed by atoms with Gasteiger partial charge in [-0.2, -0.15) is 0 Å². The minimum atomic E-state index is -0.920. The molecule has 3 atom stereocenters. The summed E-state index contributed by atoms with van der Waals surface area (Å²) in [6, 6.07) is 8.68. The van der Waals surface area contributed by atoms with Crippen molar-refractivity contribution in [2.75, 3.05) is 7.11 Å². The number of nitrogens with one attached hydrogen (secondary N) is 1. The van der Waals surface area contributed by atoms with E-state index in [4.69, 9.17) is 9.47 Å². The standard InChI is InChI=1S/C25H34N2O5/c1-7-18(8-2)21(19-12-10-9-11-15(19)3)17(5)32-25(30)16(4)27-24(29)22-23(28)20(31-6)13-14-26-22/h9-14,16-18,21,28H,7-8H2,1-6H3,(H,27,29)/t16-,17-,21-/m0/s1. The number of amides is 1. The third kappa shape index (κ3) is 5.78. The highest BCUT2D eigenvalue weighted by Gasteiger charge is 2.31. The molecule has 0 radical (unpaired) electrons. The topological polar surface area (TPSA) is 97.8 Å². The molecule has 1 amide bonds. The van der Waals surface area contributed by atoms with Crippen LogP contribution in [0.4, 0.5) is 0 Å². The van der Waals surface area contributed by atoms with Crippen molar-refractivity contribution in [1.29, 1.82) is 0 Å². The molecule has 0 aliphatic heterocycles. The van der Waals surface area contributed by atoms with Gasteiger partial charge in [0.15, 0.2) is 17.2 Å². The average Bonchev–Trinajstić information content (AvgIpc) is 2.77. The molecule has 1 aromatic heterocycles. The van der Waals surface area contributed by atoms with Gasteiger partial charge in [-0.05, 0) is 37.8 Å². The quantitative estimate of drug-likeness (QED) is 0.530. The minimum absolute atomic E-state index is 0.0437. The highest BCUT2D eigenvalue weighted by atomic mass is 16.5. The largest absolute Gasteiger partial charge is 0.503 e. The molecule has 0 aliphatic rings. The maximum Gasteiger partial charge on any atom is 0.328 e. The number of ether oxygens (including phenoxy) is 2. The van der Waals surface area contributed by atoms with Crippen LogP contribution in [0.1, 0.15) is 68.1 Å². The average molecular weight is 443 g/mol. The molecule has 0 aliphatic carbocycles. The van der Waals surface area contributed by atoms with Gasteiger partial charge in [0.25, 0.3) is 5.91 Å². The fourth-order valence-corrected chi connectivity index (χ4v) is 4.10. The second-order valence-corrected chi connectivity index (χ2v) is 8.01. The van der Waals surface area contributed by atoms with Crippen LogP contribution >= 0.6 is 0 Å². The molecule has 32 heavy (non-hydrogen) atoms. The van der Waals surface area contributed by atoms with Crippen LogP contribution in [0, 0.1) is 12.8 Å². The lowest BCUT2D eigenvalue weighted by Gasteiger charge is -2.32. The van der Waals surface area contributed by atoms with Crippen molar-refractivity contribution >= 4 is 11.9 Å². The number of nitrogens with zero attached hydrogens (tertiary/aromatic N) is 1. The Morgan fingerprint density at radius 3 is 2.38 bits per heavy atom. The molecule has 1 aromatic carbocycles. The SMILES string of the molecule is CCC(CC)[C@@H](c1ccccc1C)[C@H](C)OC(=O)[C@H](C)NC(=O)c1nccc(OC)c1O. The van der Waals surface area contributed by atoms with Crippen LogP contribution in [0.25, 0.3) is 0 Å². The molecule has 0 saturated heterocycles. The summed E-state index contributed by atoms with van der Waals surface area (Å²) in [5.41, 5.74) is 2.11. The summed E-state index contributed by atoms with van der Waals surface area (Å²) >= 11 is 0. The highest BCUT2D eigenvalue weighted by Crippen LogP contribution is 2.36. The first-order valence-electron chi connectivity index (χ1n) is 11.0. The van der Waals surface area contributed by atoms with Crippen molar-refractivity contribution in [3.8, 4) is 11.5 Å². The van der Waals surface area contributed by atoms with E-state index >= 15 is 0 Å². The van der Waals surface area contributed by atoms with Crippen molar-refractivity contribution in [1.82, 2.24) is 10.3 Å². The molecule has 0 bridgehead atoms. The summed E-state index contributed by atoms with van der Waals surface area (Å²) in [7, 11) is 1.38. The van der Waals surface area contributed by atoms with E-state index in [0.29, 0.717) is 5.92 Å². The first-order valence-corrected chi connectivity index (χ1v) is 11.0. The van der Waals surface area contributed by atoms with Gasteiger partial charge in [-0.1, -0.05) is 51.0 Å². The maximum atomic E-state index is 12.8. The van der Waals surface area contributed by atoms with Crippen LogP contribution in [0.5, 0.6) is 11.5 Å². The van der Waals surface area contributed by atoms with Gasteiger partial charge in [0.2, 0.25) is 0 Å². The third-order valence-electron chi connectivity index (χ3n) is 5.94. The number of aromatic nitrogens is 1. The molecule has 7 heteroatoms. The van der Waals surface area contributed by atoms with Crippen LogP contribution in [-0.2, 0) is 9.53 Å². The summed E-state index contributed by atoms with van der Waals surface area (Å²) in [6.45, 7) is 9.80. The number of aromatic hydroxyl groups is 1. The van der Waals surface area contributed by atoms with Gasteiger partial charge in [-0.15, -0.1) is 0 Å². The van der Waals surface area contributed by atoms with Crippen LogP contribution in [-0.4, -0.2) is 41.2 Å². The smallest absolute Gasteiger partial charge is 0.328 e. The number of rotatable bonds is 10. The number of carbonyl (C=O) groups is 2. The van der Waals surface area contributed by atoms with Gasteiger partial charge in [0.05, 0.1) is 7.11 Å². The number of carbonyl (C=O) groups excluding carboxylic acids is 2. The second kappa shape index (κ2) is 11.5. The summed E-state index contributed by atoms with van der Waals surface area (Å²) in [5, 5.41) is 12.7. The van der Waals surface area contributed by atoms with Crippen molar-refractivity contribution in [2.24, 2.45) is 5.92 Å². The fraction of sp³-hybridized carbons (Fsp3) is 0.480. The Hall–Kier alpha value is -3.09. The number of benzene rings is 1. The van der Waals surface area contributed by atoms with E-state index in [1.165, 1.54) is 24.9 Å². The Morgan fingerprint density at radius 2 is 1.78 bits per heavy atom. The number of pyridine rings is 1. The lowest BCUT2D eigenvalue weighted by Crippen LogP contribution is -2.42. The Kier molecular flexibility index (Phi) is 9.05. The van der Waals surface area contributed by atoms with E-state index in [0.717, 1.165) is 18.4 Å². The van der Waals surface area contributed by atoms with Gasteiger partial charge in [-0.3, -0.25) is 4.79 Å². The molecule has 0 fully saturated rings. The molecule has 174 valence electrons. The lowest BCUT2D eigenvalue weighted by atomic mass is 9.78. The summed E-state index contributed by atoms with van der Waals surface area (Å²) in [5.74, 6) is -1.09.